The maximum Gasteiger partial charge on any atom is 0.282 e. The van der Waals surface area contributed by atoms with Crippen molar-refractivity contribution in [2.24, 2.45) is 0 Å². The summed E-state index contributed by atoms with van der Waals surface area (Å²) < 4.78 is 3.39. The van der Waals surface area contributed by atoms with Gasteiger partial charge in [-0.05, 0) is 55.3 Å². The highest BCUT2D eigenvalue weighted by atomic mass is 35.5. The van der Waals surface area contributed by atoms with Crippen molar-refractivity contribution in [1.29, 1.82) is 0 Å². The molecule has 5 rings (SSSR count). The highest BCUT2D eigenvalue weighted by molar-refractivity contribution is 6.31. The van der Waals surface area contributed by atoms with Crippen molar-refractivity contribution in [3.8, 4) is 0 Å². The number of anilines is 1. The van der Waals surface area contributed by atoms with Crippen LogP contribution < -0.4 is 10.5 Å². The molecule has 1 fully saturated rings. The van der Waals surface area contributed by atoms with E-state index in [4.69, 9.17) is 28.3 Å². The van der Waals surface area contributed by atoms with E-state index in [0.717, 1.165) is 25.9 Å². The molecule has 0 amide bonds. The minimum absolute atomic E-state index is 0.0372. The Morgan fingerprint density at radius 2 is 1.62 bits per heavy atom. The van der Waals surface area contributed by atoms with Gasteiger partial charge in [0, 0.05) is 28.7 Å². The zero-order chi connectivity index (χ0) is 22.2. The van der Waals surface area contributed by atoms with Crippen LogP contribution in [0.4, 0.5) is 5.95 Å². The average Bonchev–Trinajstić information content (AvgIpc) is 2.95. The molecule has 164 valence electrons. The van der Waals surface area contributed by atoms with E-state index in [-0.39, 0.29) is 12.3 Å². The molecule has 1 saturated heterocycles. The highest BCUT2D eigenvalue weighted by Crippen LogP contribution is 2.25. The van der Waals surface area contributed by atoms with Crippen molar-refractivity contribution in [3.63, 3.8) is 0 Å². The minimum atomic E-state index is -0.398. The molecule has 2 aromatic carbocycles. The lowest BCUT2D eigenvalue weighted by atomic mass is 10.1. The summed E-state index contributed by atoms with van der Waals surface area (Å²) in [5.41, 5.74) is 0.799. The van der Waals surface area contributed by atoms with Crippen LogP contribution in [0.5, 0.6) is 0 Å². The zero-order valence-electron chi connectivity index (χ0n) is 17.3. The second kappa shape index (κ2) is 8.56. The Balaban J connectivity index is 1.68. The fourth-order valence-electron chi connectivity index (χ4n) is 4.20. The van der Waals surface area contributed by atoms with E-state index in [2.05, 4.69) is 9.88 Å². The van der Waals surface area contributed by atoms with E-state index in [9.17, 15) is 9.59 Å². The van der Waals surface area contributed by atoms with E-state index in [1.54, 1.807) is 36.4 Å². The average molecular weight is 470 g/mol. The molecule has 1 aliphatic heterocycles. The first kappa shape index (κ1) is 21.0. The SMILES string of the molecule is O=C(Cn1nc(N2CCCCCC2)n2c3ccc(Cl)cc3c(=O)nc12)c1ccc(Cl)cc1. The van der Waals surface area contributed by atoms with Crippen molar-refractivity contribution in [3.05, 3.63) is 68.4 Å². The molecule has 0 aliphatic carbocycles. The molecule has 7 nitrogen and oxygen atoms in total. The fourth-order valence-corrected chi connectivity index (χ4v) is 4.49. The number of aromatic nitrogens is 4. The second-order valence-electron chi connectivity index (χ2n) is 8.00. The predicted molar refractivity (Wildman–Crippen MR) is 126 cm³/mol. The Bertz CT molecular complexity index is 1370. The molecule has 3 heterocycles. The minimum Gasteiger partial charge on any atom is -0.341 e. The molecule has 2 aromatic heterocycles. The summed E-state index contributed by atoms with van der Waals surface area (Å²) >= 11 is 12.1. The molecular weight excluding hydrogens is 449 g/mol. The number of hydrogen-bond acceptors (Lipinski definition) is 5. The summed E-state index contributed by atoms with van der Waals surface area (Å²) in [6, 6.07) is 11.9. The number of hydrogen-bond donors (Lipinski definition) is 0. The van der Waals surface area contributed by atoms with Gasteiger partial charge in [-0.15, -0.1) is 5.10 Å². The van der Waals surface area contributed by atoms with Crippen molar-refractivity contribution in [2.75, 3.05) is 18.0 Å². The van der Waals surface area contributed by atoms with Gasteiger partial charge in [0.2, 0.25) is 11.7 Å². The van der Waals surface area contributed by atoms with Gasteiger partial charge in [-0.1, -0.05) is 36.0 Å². The van der Waals surface area contributed by atoms with Crippen molar-refractivity contribution in [1.82, 2.24) is 19.2 Å². The molecule has 4 aromatic rings. The predicted octanol–water partition coefficient (Wildman–Crippen LogP) is 4.61. The summed E-state index contributed by atoms with van der Waals surface area (Å²) in [6.45, 7) is 1.68. The van der Waals surface area contributed by atoms with Crippen LogP contribution in [0, 0.1) is 0 Å². The molecule has 9 heteroatoms. The highest BCUT2D eigenvalue weighted by Gasteiger charge is 2.23. The maximum atomic E-state index is 13.0. The summed E-state index contributed by atoms with van der Waals surface area (Å²) in [6.07, 6.45) is 4.48. The number of fused-ring (bicyclic) bond motifs is 3. The van der Waals surface area contributed by atoms with Gasteiger partial charge < -0.3 is 4.90 Å². The Morgan fingerprint density at radius 1 is 0.938 bits per heavy atom. The normalized spacial score (nSPS) is 14.8. The molecule has 0 spiro atoms. The van der Waals surface area contributed by atoms with E-state index < -0.39 is 5.56 Å². The van der Waals surface area contributed by atoms with Crippen LogP contribution in [0.2, 0.25) is 10.0 Å². The number of carbonyl (C=O) groups is 1. The van der Waals surface area contributed by atoms with Crippen LogP contribution in [0.3, 0.4) is 0 Å². The van der Waals surface area contributed by atoms with Crippen LogP contribution in [0.15, 0.2) is 47.3 Å². The Hall–Kier alpha value is -2.90. The summed E-state index contributed by atoms with van der Waals surface area (Å²) in [5.74, 6) is 0.886. The molecule has 0 N–H and O–H groups in total. The number of Topliss-reactive ketones (excluding diaryl/α,β-unsaturated/α-hetero) is 1. The number of halogens is 2. The standard InChI is InChI=1S/C23H21Cl2N5O2/c24-16-7-5-15(6-8-16)20(31)14-29-22-26-21(32)18-13-17(25)9-10-19(18)30(22)23(27-29)28-11-3-1-2-4-12-28/h5-10,13H,1-4,11-12,14H2. The molecule has 0 atom stereocenters. The Morgan fingerprint density at radius 3 is 2.34 bits per heavy atom. The van der Waals surface area contributed by atoms with E-state index in [1.807, 2.05) is 10.5 Å². The van der Waals surface area contributed by atoms with Crippen LogP contribution in [-0.4, -0.2) is 38.0 Å². The number of carbonyl (C=O) groups excluding carboxylic acids is 1. The van der Waals surface area contributed by atoms with Crippen LogP contribution >= 0.6 is 23.2 Å². The summed E-state index contributed by atoms with van der Waals surface area (Å²) in [4.78, 5) is 32.3. The van der Waals surface area contributed by atoms with Crippen LogP contribution in [0.1, 0.15) is 36.0 Å². The smallest absolute Gasteiger partial charge is 0.282 e. The molecule has 1 aliphatic rings. The second-order valence-corrected chi connectivity index (χ2v) is 8.88. The Labute approximate surface area is 194 Å². The number of ketones is 1. The van der Waals surface area contributed by atoms with Gasteiger partial charge in [0.25, 0.3) is 5.56 Å². The summed E-state index contributed by atoms with van der Waals surface area (Å²) in [5, 5.41) is 6.23. The van der Waals surface area contributed by atoms with Crippen molar-refractivity contribution < 1.29 is 4.79 Å². The largest absolute Gasteiger partial charge is 0.341 e. The van der Waals surface area contributed by atoms with Gasteiger partial charge in [-0.2, -0.15) is 4.98 Å². The topological polar surface area (TPSA) is 72.5 Å². The Kier molecular flexibility index (Phi) is 5.61. The monoisotopic (exact) mass is 469 g/mol. The van der Waals surface area contributed by atoms with Crippen LogP contribution in [0.25, 0.3) is 16.7 Å². The molecule has 32 heavy (non-hydrogen) atoms. The van der Waals surface area contributed by atoms with Gasteiger partial charge in [0.15, 0.2) is 5.78 Å². The first-order valence-electron chi connectivity index (χ1n) is 10.6. The lowest BCUT2D eigenvalue weighted by molar-refractivity contribution is 0.0969. The van der Waals surface area contributed by atoms with E-state index in [0.29, 0.717) is 38.2 Å². The number of benzene rings is 2. The van der Waals surface area contributed by atoms with Gasteiger partial charge in [-0.25, -0.2) is 9.08 Å². The van der Waals surface area contributed by atoms with Gasteiger partial charge >= 0.3 is 0 Å². The first-order valence-corrected chi connectivity index (χ1v) is 11.4. The maximum absolute atomic E-state index is 13.0. The lowest BCUT2D eigenvalue weighted by Gasteiger charge is -2.20. The third kappa shape index (κ3) is 3.87. The van der Waals surface area contributed by atoms with Crippen LogP contribution in [-0.2, 0) is 6.54 Å². The molecule has 0 saturated carbocycles. The summed E-state index contributed by atoms with van der Waals surface area (Å²) in [7, 11) is 0. The number of nitrogens with zero attached hydrogens (tertiary/aromatic N) is 5. The fraction of sp³-hybridized carbons (Fsp3) is 0.304. The third-order valence-electron chi connectivity index (χ3n) is 5.82. The molecule has 0 unspecified atom stereocenters. The molecular formula is C23H21Cl2N5O2. The van der Waals surface area contributed by atoms with Crippen molar-refractivity contribution in [2.45, 2.75) is 32.2 Å². The van der Waals surface area contributed by atoms with E-state index >= 15 is 0 Å². The molecule has 0 radical (unpaired) electrons. The third-order valence-corrected chi connectivity index (χ3v) is 6.31. The van der Waals surface area contributed by atoms with Gasteiger partial charge in [0.05, 0.1) is 10.9 Å². The quantitative estimate of drug-likeness (QED) is 0.408. The first-order chi connectivity index (χ1) is 15.5. The van der Waals surface area contributed by atoms with Gasteiger partial charge in [0.1, 0.15) is 6.54 Å². The molecule has 0 bridgehead atoms. The lowest BCUT2D eigenvalue weighted by Crippen LogP contribution is -2.26. The van der Waals surface area contributed by atoms with Gasteiger partial charge in [-0.3, -0.25) is 9.59 Å². The van der Waals surface area contributed by atoms with E-state index in [1.165, 1.54) is 17.5 Å². The van der Waals surface area contributed by atoms with Crippen molar-refractivity contribution >= 4 is 51.6 Å². The number of rotatable bonds is 4. The zero-order valence-corrected chi connectivity index (χ0v) is 18.8.